The van der Waals surface area contributed by atoms with Crippen LogP contribution in [0.5, 0.6) is 0 Å². The highest BCUT2D eigenvalue weighted by Gasteiger charge is 2.16. The molecule has 0 amide bonds. The molecule has 1 aliphatic heterocycles. The summed E-state index contributed by atoms with van der Waals surface area (Å²) in [6, 6.07) is 0.600. The third-order valence-electron chi connectivity index (χ3n) is 2.22. The van der Waals surface area contributed by atoms with Gasteiger partial charge in [-0.05, 0) is 13.0 Å². The molecule has 1 aromatic heterocycles. The molecule has 0 radical (unpaired) electrons. The third kappa shape index (κ3) is 2.54. The number of nitrogens with zero attached hydrogens (tertiary/aromatic N) is 2. The van der Waals surface area contributed by atoms with E-state index in [1.54, 1.807) is 0 Å². The molecular weight excluding hydrogens is 166 g/mol. The smallest absolute Gasteiger partial charge is 0.0945 e. The maximum atomic E-state index is 5.06. The molecule has 1 N–H and O–H groups in total. The van der Waals surface area contributed by atoms with Crippen LogP contribution >= 0.6 is 0 Å². The van der Waals surface area contributed by atoms with Crippen molar-refractivity contribution in [3.05, 3.63) is 18.7 Å². The van der Waals surface area contributed by atoms with Crippen LogP contribution in [0.4, 0.5) is 0 Å². The van der Waals surface area contributed by atoms with Gasteiger partial charge in [-0.3, -0.25) is 0 Å². The number of nitrogens with one attached hydrogen (secondary N) is 1. The van der Waals surface area contributed by atoms with Crippen LogP contribution in [-0.2, 0) is 11.3 Å². The number of aryl methyl sites for hydroxylation is 1. The van der Waals surface area contributed by atoms with E-state index in [9.17, 15) is 0 Å². The lowest BCUT2D eigenvalue weighted by Crippen LogP contribution is -2.46. The standard InChI is InChI=1S/C9H15N3O/c1(2-11-9-6-13-7-9)4-12-5-3-10-8-12/h3,5,8-9,11H,1-2,4,6-7H2. The summed E-state index contributed by atoms with van der Waals surface area (Å²) < 4.78 is 7.16. The molecule has 0 atom stereocenters. The highest BCUT2D eigenvalue weighted by atomic mass is 16.5. The van der Waals surface area contributed by atoms with Crippen molar-refractivity contribution in [3.8, 4) is 0 Å². The van der Waals surface area contributed by atoms with E-state index < -0.39 is 0 Å². The lowest BCUT2D eigenvalue weighted by molar-refractivity contribution is -0.00501. The largest absolute Gasteiger partial charge is 0.378 e. The fourth-order valence-corrected chi connectivity index (χ4v) is 1.34. The lowest BCUT2D eigenvalue weighted by atomic mass is 10.2. The summed E-state index contributed by atoms with van der Waals surface area (Å²) in [5.74, 6) is 0. The molecule has 13 heavy (non-hydrogen) atoms. The van der Waals surface area contributed by atoms with Crippen LogP contribution < -0.4 is 5.32 Å². The summed E-state index contributed by atoms with van der Waals surface area (Å²) >= 11 is 0. The summed E-state index contributed by atoms with van der Waals surface area (Å²) in [5, 5.41) is 3.42. The maximum Gasteiger partial charge on any atom is 0.0945 e. The average molecular weight is 181 g/mol. The van der Waals surface area contributed by atoms with E-state index in [2.05, 4.69) is 14.9 Å². The van der Waals surface area contributed by atoms with Gasteiger partial charge in [0, 0.05) is 18.9 Å². The number of imidazole rings is 1. The molecule has 0 unspecified atom stereocenters. The summed E-state index contributed by atoms with van der Waals surface area (Å²) in [5.41, 5.74) is 0. The Morgan fingerprint density at radius 3 is 3.08 bits per heavy atom. The second-order valence-corrected chi connectivity index (χ2v) is 3.34. The van der Waals surface area contributed by atoms with Crippen molar-refractivity contribution in [1.82, 2.24) is 14.9 Å². The van der Waals surface area contributed by atoms with E-state index in [4.69, 9.17) is 4.74 Å². The Morgan fingerprint density at radius 2 is 2.46 bits per heavy atom. The van der Waals surface area contributed by atoms with E-state index in [0.717, 1.165) is 32.7 Å². The fourth-order valence-electron chi connectivity index (χ4n) is 1.34. The number of hydrogen-bond donors (Lipinski definition) is 1. The van der Waals surface area contributed by atoms with E-state index in [1.165, 1.54) is 0 Å². The average Bonchev–Trinajstić information content (AvgIpc) is 2.53. The molecule has 0 saturated carbocycles. The first-order valence-electron chi connectivity index (χ1n) is 4.72. The monoisotopic (exact) mass is 181 g/mol. The molecule has 1 fully saturated rings. The van der Waals surface area contributed by atoms with Crippen molar-refractivity contribution in [3.63, 3.8) is 0 Å². The van der Waals surface area contributed by atoms with Crippen molar-refractivity contribution in [2.24, 2.45) is 0 Å². The lowest BCUT2D eigenvalue weighted by Gasteiger charge is -2.26. The van der Waals surface area contributed by atoms with Gasteiger partial charge >= 0.3 is 0 Å². The van der Waals surface area contributed by atoms with Crippen LogP contribution in [0.2, 0.25) is 0 Å². The van der Waals surface area contributed by atoms with Crippen molar-refractivity contribution in [2.45, 2.75) is 19.0 Å². The highest BCUT2D eigenvalue weighted by Crippen LogP contribution is 1.99. The third-order valence-corrected chi connectivity index (χ3v) is 2.22. The molecule has 0 aromatic carbocycles. The Bertz CT molecular complexity index is 231. The van der Waals surface area contributed by atoms with Gasteiger partial charge in [-0.15, -0.1) is 0 Å². The SMILES string of the molecule is c1cn(CCCNC2COC2)cn1. The quantitative estimate of drug-likeness (QED) is 0.662. The first kappa shape index (κ1) is 8.72. The maximum absolute atomic E-state index is 5.06. The molecule has 4 nitrogen and oxygen atoms in total. The van der Waals surface area contributed by atoms with Crippen molar-refractivity contribution < 1.29 is 4.74 Å². The fraction of sp³-hybridized carbons (Fsp3) is 0.667. The first-order valence-corrected chi connectivity index (χ1v) is 4.72. The van der Waals surface area contributed by atoms with Gasteiger partial charge in [-0.25, -0.2) is 4.98 Å². The Hall–Kier alpha value is -0.870. The minimum Gasteiger partial charge on any atom is -0.378 e. The Kier molecular flexibility index (Phi) is 2.94. The van der Waals surface area contributed by atoms with Gasteiger partial charge in [0.25, 0.3) is 0 Å². The van der Waals surface area contributed by atoms with Gasteiger partial charge < -0.3 is 14.6 Å². The molecule has 72 valence electrons. The first-order chi connectivity index (χ1) is 6.45. The van der Waals surface area contributed by atoms with Crippen LogP contribution in [0, 0.1) is 0 Å². The highest BCUT2D eigenvalue weighted by molar-refractivity contribution is 4.75. The van der Waals surface area contributed by atoms with E-state index in [1.807, 2.05) is 18.7 Å². The van der Waals surface area contributed by atoms with Gasteiger partial charge in [0.2, 0.25) is 0 Å². The summed E-state index contributed by atoms with van der Waals surface area (Å²) in [7, 11) is 0. The minimum atomic E-state index is 0.600. The predicted octanol–water partition coefficient (Wildman–Crippen LogP) is 0.262. The summed E-state index contributed by atoms with van der Waals surface area (Å²) in [6.07, 6.45) is 6.80. The van der Waals surface area contributed by atoms with Gasteiger partial charge in [-0.1, -0.05) is 0 Å². The van der Waals surface area contributed by atoms with Crippen LogP contribution in [-0.4, -0.2) is 35.4 Å². The number of aromatic nitrogens is 2. The van der Waals surface area contributed by atoms with E-state index >= 15 is 0 Å². The van der Waals surface area contributed by atoms with Crippen molar-refractivity contribution in [1.29, 1.82) is 0 Å². The van der Waals surface area contributed by atoms with Crippen LogP contribution in [0.25, 0.3) is 0 Å². The van der Waals surface area contributed by atoms with Crippen LogP contribution in [0.3, 0.4) is 0 Å². The Morgan fingerprint density at radius 1 is 1.54 bits per heavy atom. The number of hydrogen-bond acceptors (Lipinski definition) is 3. The zero-order chi connectivity index (χ0) is 8.93. The van der Waals surface area contributed by atoms with Crippen LogP contribution in [0.15, 0.2) is 18.7 Å². The molecule has 1 aliphatic rings. The zero-order valence-electron chi connectivity index (χ0n) is 7.65. The van der Waals surface area contributed by atoms with E-state index in [0.29, 0.717) is 6.04 Å². The Labute approximate surface area is 77.9 Å². The van der Waals surface area contributed by atoms with Gasteiger partial charge in [-0.2, -0.15) is 0 Å². The number of rotatable bonds is 5. The molecule has 0 aliphatic carbocycles. The van der Waals surface area contributed by atoms with Gasteiger partial charge in [0.15, 0.2) is 0 Å². The predicted molar refractivity (Wildman–Crippen MR) is 49.5 cm³/mol. The second-order valence-electron chi connectivity index (χ2n) is 3.34. The molecule has 2 rings (SSSR count). The second kappa shape index (κ2) is 4.39. The molecule has 0 spiro atoms. The van der Waals surface area contributed by atoms with Gasteiger partial charge in [0.1, 0.15) is 0 Å². The Balaban J connectivity index is 1.53. The van der Waals surface area contributed by atoms with Crippen LogP contribution in [0.1, 0.15) is 6.42 Å². The van der Waals surface area contributed by atoms with Gasteiger partial charge in [0.05, 0.1) is 25.6 Å². The molecule has 0 bridgehead atoms. The molecule has 2 heterocycles. The summed E-state index contributed by atoms with van der Waals surface area (Å²) in [4.78, 5) is 3.99. The molecule has 4 heteroatoms. The summed E-state index contributed by atoms with van der Waals surface area (Å²) in [6.45, 7) is 3.86. The van der Waals surface area contributed by atoms with Crippen molar-refractivity contribution >= 4 is 0 Å². The topological polar surface area (TPSA) is 39.1 Å². The number of ether oxygens (including phenoxy) is 1. The van der Waals surface area contributed by atoms with Crippen molar-refractivity contribution in [2.75, 3.05) is 19.8 Å². The zero-order valence-corrected chi connectivity index (χ0v) is 7.65. The van der Waals surface area contributed by atoms with E-state index in [-0.39, 0.29) is 0 Å². The molecular formula is C9H15N3O. The molecule has 1 saturated heterocycles. The molecule has 1 aromatic rings. The normalized spacial score (nSPS) is 17.2. The minimum absolute atomic E-state index is 0.600.